The van der Waals surface area contributed by atoms with Gasteiger partial charge in [0.1, 0.15) is 0 Å². The second-order valence-electron chi connectivity index (χ2n) is 8.00. The summed E-state index contributed by atoms with van der Waals surface area (Å²) in [6.07, 6.45) is 3.26. The summed E-state index contributed by atoms with van der Waals surface area (Å²) in [5.74, 6) is 0.354. The van der Waals surface area contributed by atoms with E-state index in [2.05, 4.69) is 37.6 Å². The molecular weight excluding hydrogens is 416 g/mol. The van der Waals surface area contributed by atoms with Crippen molar-refractivity contribution in [2.45, 2.75) is 25.8 Å². The molecule has 8 nitrogen and oxygen atoms in total. The minimum Gasteiger partial charge on any atom is -0.378 e. The number of nitrogens with zero attached hydrogens (tertiary/aromatic N) is 3. The van der Waals surface area contributed by atoms with Gasteiger partial charge >= 0.3 is 0 Å². The number of amides is 1. The lowest BCUT2D eigenvalue weighted by atomic mass is 10.1. The number of aromatic nitrogens is 2. The highest BCUT2D eigenvalue weighted by molar-refractivity contribution is 5.94. The predicted octanol–water partition coefficient (Wildman–Crippen LogP) is 3.79. The van der Waals surface area contributed by atoms with Gasteiger partial charge in [-0.15, -0.1) is 0 Å². The molecule has 2 heterocycles. The number of carbonyl (C=O) groups excluding carboxylic acids is 1. The van der Waals surface area contributed by atoms with Crippen LogP contribution in [0.5, 0.6) is 0 Å². The first kappa shape index (κ1) is 22.7. The largest absolute Gasteiger partial charge is 0.378 e. The van der Waals surface area contributed by atoms with E-state index in [9.17, 15) is 4.79 Å². The fourth-order valence-electron chi connectivity index (χ4n) is 3.69. The number of benzene rings is 2. The summed E-state index contributed by atoms with van der Waals surface area (Å²) in [5, 5.41) is 6.13. The Hall–Kier alpha value is -3.49. The maximum atomic E-state index is 12.1. The molecule has 1 aromatic heterocycles. The molecule has 1 aliphatic rings. The van der Waals surface area contributed by atoms with Crippen LogP contribution in [0, 0.1) is 0 Å². The molecule has 1 fully saturated rings. The molecular formula is C25H30N6O2. The van der Waals surface area contributed by atoms with Gasteiger partial charge in [0.15, 0.2) is 0 Å². The van der Waals surface area contributed by atoms with E-state index in [0.29, 0.717) is 18.1 Å². The highest BCUT2D eigenvalue weighted by atomic mass is 16.5. The Bertz CT molecular complexity index is 1050. The zero-order valence-electron chi connectivity index (χ0n) is 18.8. The molecule has 2 aromatic carbocycles. The van der Waals surface area contributed by atoms with Crippen LogP contribution in [-0.2, 0) is 9.53 Å². The van der Waals surface area contributed by atoms with Crippen LogP contribution in [0.1, 0.15) is 19.8 Å². The van der Waals surface area contributed by atoms with Crippen LogP contribution in [-0.4, -0.2) is 48.2 Å². The molecule has 0 unspecified atom stereocenters. The minimum atomic E-state index is -0.492. The molecule has 0 bridgehead atoms. The van der Waals surface area contributed by atoms with E-state index >= 15 is 0 Å². The maximum Gasteiger partial charge on any atom is 0.241 e. The third-order valence-corrected chi connectivity index (χ3v) is 5.54. The van der Waals surface area contributed by atoms with E-state index in [-0.39, 0.29) is 5.91 Å². The van der Waals surface area contributed by atoms with Gasteiger partial charge in [-0.05, 0) is 48.9 Å². The Kier molecular flexibility index (Phi) is 7.49. The van der Waals surface area contributed by atoms with E-state index in [1.807, 2.05) is 49.4 Å². The van der Waals surface area contributed by atoms with Gasteiger partial charge in [-0.1, -0.05) is 25.5 Å². The second-order valence-corrected chi connectivity index (χ2v) is 8.00. The van der Waals surface area contributed by atoms with Gasteiger partial charge in [-0.2, -0.15) is 0 Å². The third-order valence-electron chi connectivity index (χ3n) is 5.54. The number of carbonyl (C=O) groups is 1. The molecule has 0 aliphatic carbocycles. The van der Waals surface area contributed by atoms with Gasteiger partial charge in [0.05, 0.1) is 24.9 Å². The summed E-state index contributed by atoms with van der Waals surface area (Å²) >= 11 is 0. The Morgan fingerprint density at radius 1 is 1.06 bits per heavy atom. The first-order valence-electron chi connectivity index (χ1n) is 11.3. The molecule has 4 N–H and O–H groups in total. The quantitative estimate of drug-likeness (QED) is 0.483. The monoisotopic (exact) mass is 446 g/mol. The SMILES string of the molecule is CCC[C@@H](N)C(=O)Nc1ccc(-c2ccnc(Nc3ccc(N4CCOCC4)cc3)n2)cc1. The van der Waals surface area contributed by atoms with Crippen molar-refractivity contribution in [3.63, 3.8) is 0 Å². The molecule has 33 heavy (non-hydrogen) atoms. The number of hydrogen-bond acceptors (Lipinski definition) is 7. The topological polar surface area (TPSA) is 105 Å². The number of nitrogens with two attached hydrogens (primary N) is 1. The molecule has 1 amide bonds. The van der Waals surface area contributed by atoms with Crippen molar-refractivity contribution in [2.75, 3.05) is 41.8 Å². The Morgan fingerprint density at radius 3 is 2.45 bits per heavy atom. The standard InChI is InChI=1S/C25H30N6O2/c1-2-3-22(26)24(32)28-19-6-4-18(5-7-19)23-12-13-27-25(30-23)29-20-8-10-21(11-9-20)31-14-16-33-17-15-31/h4-13,22H,2-3,14-17,26H2,1H3,(H,28,32)(H,27,29,30)/t22-/m1/s1. The van der Waals surface area contributed by atoms with Gasteiger partial charge in [0.25, 0.3) is 0 Å². The molecule has 172 valence electrons. The zero-order chi connectivity index (χ0) is 23.0. The molecule has 1 saturated heterocycles. The molecule has 0 spiro atoms. The van der Waals surface area contributed by atoms with Gasteiger partial charge in [0.2, 0.25) is 11.9 Å². The van der Waals surface area contributed by atoms with Gasteiger partial charge in [-0.25, -0.2) is 9.97 Å². The fraction of sp³-hybridized carbons (Fsp3) is 0.320. The van der Waals surface area contributed by atoms with Crippen molar-refractivity contribution in [1.29, 1.82) is 0 Å². The highest BCUT2D eigenvalue weighted by Gasteiger charge is 2.13. The average Bonchev–Trinajstić information content (AvgIpc) is 2.86. The summed E-state index contributed by atoms with van der Waals surface area (Å²) in [6.45, 7) is 5.35. The molecule has 4 rings (SSSR count). The van der Waals surface area contributed by atoms with Crippen LogP contribution < -0.4 is 21.3 Å². The highest BCUT2D eigenvalue weighted by Crippen LogP contribution is 2.23. The van der Waals surface area contributed by atoms with Crippen molar-refractivity contribution in [3.8, 4) is 11.3 Å². The summed E-state index contributed by atoms with van der Waals surface area (Å²) in [7, 11) is 0. The Balaban J connectivity index is 1.40. The van der Waals surface area contributed by atoms with Crippen LogP contribution in [0.3, 0.4) is 0 Å². The number of rotatable bonds is 8. The molecule has 3 aromatic rings. The number of hydrogen-bond donors (Lipinski definition) is 3. The van der Waals surface area contributed by atoms with Crippen molar-refractivity contribution in [1.82, 2.24) is 9.97 Å². The van der Waals surface area contributed by atoms with Crippen LogP contribution >= 0.6 is 0 Å². The summed E-state index contributed by atoms with van der Waals surface area (Å²) in [6, 6.07) is 17.2. The van der Waals surface area contributed by atoms with Gasteiger partial charge in [0, 0.05) is 41.9 Å². The van der Waals surface area contributed by atoms with Crippen LogP contribution in [0.2, 0.25) is 0 Å². The van der Waals surface area contributed by atoms with Crippen LogP contribution in [0.4, 0.5) is 23.0 Å². The molecule has 1 atom stereocenters. The lowest BCUT2D eigenvalue weighted by molar-refractivity contribution is -0.117. The van der Waals surface area contributed by atoms with Crippen LogP contribution in [0.15, 0.2) is 60.8 Å². The Morgan fingerprint density at radius 2 is 1.76 bits per heavy atom. The van der Waals surface area contributed by atoms with E-state index in [4.69, 9.17) is 10.5 Å². The summed E-state index contributed by atoms with van der Waals surface area (Å²) < 4.78 is 5.42. The number of ether oxygens (including phenoxy) is 1. The zero-order valence-corrected chi connectivity index (χ0v) is 18.8. The third kappa shape index (κ3) is 6.06. The second kappa shape index (κ2) is 10.9. The van der Waals surface area contributed by atoms with Crippen molar-refractivity contribution in [2.24, 2.45) is 5.73 Å². The van der Waals surface area contributed by atoms with E-state index < -0.39 is 6.04 Å². The number of morpholine rings is 1. The van der Waals surface area contributed by atoms with E-state index in [1.165, 1.54) is 5.69 Å². The number of anilines is 4. The lowest BCUT2D eigenvalue weighted by Crippen LogP contribution is -2.36. The molecule has 0 saturated carbocycles. The minimum absolute atomic E-state index is 0.169. The van der Waals surface area contributed by atoms with Gasteiger partial charge < -0.3 is 26.0 Å². The first-order chi connectivity index (χ1) is 16.1. The van der Waals surface area contributed by atoms with E-state index in [1.54, 1.807) is 6.20 Å². The Labute approximate surface area is 194 Å². The molecule has 0 radical (unpaired) electrons. The van der Waals surface area contributed by atoms with Crippen LogP contribution in [0.25, 0.3) is 11.3 Å². The van der Waals surface area contributed by atoms with Crippen molar-refractivity contribution in [3.05, 3.63) is 60.8 Å². The van der Waals surface area contributed by atoms with Gasteiger partial charge in [-0.3, -0.25) is 4.79 Å². The molecule has 8 heteroatoms. The maximum absolute atomic E-state index is 12.1. The van der Waals surface area contributed by atoms with Crippen molar-refractivity contribution >= 4 is 28.9 Å². The predicted molar refractivity (Wildman–Crippen MR) is 132 cm³/mol. The average molecular weight is 447 g/mol. The fourth-order valence-corrected chi connectivity index (χ4v) is 3.69. The van der Waals surface area contributed by atoms with E-state index in [0.717, 1.165) is 49.7 Å². The normalized spacial score (nSPS) is 14.5. The smallest absolute Gasteiger partial charge is 0.241 e. The van der Waals surface area contributed by atoms with Crippen molar-refractivity contribution < 1.29 is 9.53 Å². The summed E-state index contributed by atoms with van der Waals surface area (Å²) in [5.41, 5.74) is 10.4. The summed E-state index contributed by atoms with van der Waals surface area (Å²) in [4.78, 5) is 23.4. The lowest BCUT2D eigenvalue weighted by Gasteiger charge is -2.28. The number of nitrogens with one attached hydrogen (secondary N) is 2. The first-order valence-corrected chi connectivity index (χ1v) is 11.3. The molecule has 1 aliphatic heterocycles.